The first kappa shape index (κ1) is 11.0. The number of H-pyrrole nitrogens is 1. The Morgan fingerprint density at radius 2 is 2.33 bits per heavy atom. The molecule has 7 heteroatoms. The summed E-state index contributed by atoms with van der Waals surface area (Å²) in [5.74, 6) is 0.645. The Kier molecular flexibility index (Phi) is 2.60. The van der Waals surface area contributed by atoms with Gasteiger partial charge in [-0.05, 0) is 30.5 Å². The minimum atomic E-state index is -0.336. The standard InChI is InChI=1S/C11H11N5OS/c1-7(8-3-2-6-18-8)12-9-4-5-10-13-14-11(17)16(10)15-9/h2-7H,1H3,(H,12,15)(H,14,17). The number of nitrogens with zero attached hydrogens (tertiary/aromatic N) is 3. The first-order valence-electron chi connectivity index (χ1n) is 5.48. The van der Waals surface area contributed by atoms with E-state index in [-0.39, 0.29) is 11.7 Å². The summed E-state index contributed by atoms with van der Waals surface area (Å²) in [6.45, 7) is 2.05. The molecule has 0 aliphatic rings. The molecule has 0 saturated heterocycles. The van der Waals surface area contributed by atoms with Gasteiger partial charge in [0.1, 0.15) is 5.82 Å². The van der Waals surface area contributed by atoms with E-state index in [1.54, 1.807) is 23.5 Å². The molecule has 0 fully saturated rings. The average molecular weight is 261 g/mol. The molecule has 0 saturated carbocycles. The van der Waals surface area contributed by atoms with Gasteiger partial charge in [0.25, 0.3) is 0 Å². The van der Waals surface area contributed by atoms with Gasteiger partial charge in [0.2, 0.25) is 0 Å². The normalized spacial score (nSPS) is 12.7. The van der Waals surface area contributed by atoms with Crippen molar-refractivity contribution in [1.29, 1.82) is 0 Å². The molecule has 3 aromatic heterocycles. The summed E-state index contributed by atoms with van der Waals surface area (Å²) in [5, 5.41) is 15.7. The molecule has 1 atom stereocenters. The Balaban J connectivity index is 1.90. The van der Waals surface area contributed by atoms with Crippen LogP contribution in [0.25, 0.3) is 5.65 Å². The van der Waals surface area contributed by atoms with Gasteiger partial charge in [-0.1, -0.05) is 6.07 Å². The predicted molar refractivity (Wildman–Crippen MR) is 70.0 cm³/mol. The van der Waals surface area contributed by atoms with Gasteiger partial charge in [0.15, 0.2) is 5.65 Å². The fourth-order valence-electron chi connectivity index (χ4n) is 1.71. The number of anilines is 1. The lowest BCUT2D eigenvalue weighted by atomic mass is 10.3. The van der Waals surface area contributed by atoms with E-state index in [2.05, 4.69) is 33.6 Å². The first-order valence-corrected chi connectivity index (χ1v) is 6.36. The Bertz CT molecular complexity index is 714. The fraction of sp³-hybridized carbons (Fsp3) is 0.182. The number of fused-ring (bicyclic) bond motifs is 1. The molecule has 3 heterocycles. The highest BCUT2D eigenvalue weighted by atomic mass is 32.1. The smallest absolute Gasteiger partial charge is 0.361 e. The van der Waals surface area contributed by atoms with E-state index >= 15 is 0 Å². The van der Waals surface area contributed by atoms with Crippen LogP contribution in [-0.2, 0) is 0 Å². The highest BCUT2D eigenvalue weighted by Crippen LogP contribution is 2.21. The van der Waals surface area contributed by atoms with E-state index in [0.29, 0.717) is 11.5 Å². The van der Waals surface area contributed by atoms with Crippen LogP contribution in [0.4, 0.5) is 5.82 Å². The molecular weight excluding hydrogens is 250 g/mol. The molecule has 2 N–H and O–H groups in total. The second kappa shape index (κ2) is 4.26. The number of aromatic amines is 1. The van der Waals surface area contributed by atoms with Crippen molar-refractivity contribution in [3.8, 4) is 0 Å². The number of nitrogens with one attached hydrogen (secondary N) is 2. The SMILES string of the molecule is CC(Nc1ccc2n[nH]c(=O)n2n1)c1cccs1. The number of thiophene rings is 1. The molecule has 6 nitrogen and oxygen atoms in total. The quantitative estimate of drug-likeness (QED) is 0.751. The molecule has 92 valence electrons. The average Bonchev–Trinajstić information content (AvgIpc) is 3.00. The van der Waals surface area contributed by atoms with Crippen molar-refractivity contribution < 1.29 is 0 Å². The second-order valence-corrected chi connectivity index (χ2v) is 4.88. The van der Waals surface area contributed by atoms with E-state index in [0.717, 1.165) is 0 Å². The summed E-state index contributed by atoms with van der Waals surface area (Å²) in [7, 11) is 0. The third kappa shape index (κ3) is 1.88. The zero-order chi connectivity index (χ0) is 12.5. The predicted octanol–water partition coefficient (Wildman–Crippen LogP) is 1.65. The first-order chi connectivity index (χ1) is 8.74. The monoisotopic (exact) mass is 261 g/mol. The lowest BCUT2D eigenvalue weighted by Crippen LogP contribution is -2.15. The molecule has 1 unspecified atom stereocenters. The summed E-state index contributed by atoms with van der Waals surface area (Å²) in [5.41, 5.74) is 0.173. The van der Waals surface area contributed by atoms with Crippen LogP contribution in [0.15, 0.2) is 34.4 Å². The Hall–Kier alpha value is -2.15. The second-order valence-electron chi connectivity index (χ2n) is 3.90. The van der Waals surface area contributed by atoms with Crippen molar-refractivity contribution in [3.05, 3.63) is 45.0 Å². The Morgan fingerprint density at radius 1 is 1.44 bits per heavy atom. The van der Waals surface area contributed by atoms with Crippen LogP contribution in [0.2, 0.25) is 0 Å². The van der Waals surface area contributed by atoms with E-state index in [4.69, 9.17) is 0 Å². The summed E-state index contributed by atoms with van der Waals surface area (Å²) in [6, 6.07) is 7.77. The van der Waals surface area contributed by atoms with Crippen molar-refractivity contribution in [2.75, 3.05) is 5.32 Å². The lowest BCUT2D eigenvalue weighted by Gasteiger charge is -2.12. The van der Waals surface area contributed by atoms with Crippen LogP contribution in [0.3, 0.4) is 0 Å². The third-order valence-corrected chi connectivity index (χ3v) is 3.66. The molecule has 3 aromatic rings. The molecule has 0 bridgehead atoms. The number of hydrogen-bond donors (Lipinski definition) is 2. The maximum atomic E-state index is 11.4. The van der Waals surface area contributed by atoms with Crippen molar-refractivity contribution in [2.45, 2.75) is 13.0 Å². The highest BCUT2D eigenvalue weighted by Gasteiger charge is 2.08. The van der Waals surface area contributed by atoms with E-state index in [9.17, 15) is 4.79 Å². The number of aromatic nitrogens is 4. The van der Waals surface area contributed by atoms with E-state index < -0.39 is 0 Å². The number of rotatable bonds is 3. The van der Waals surface area contributed by atoms with Crippen LogP contribution in [0.5, 0.6) is 0 Å². The van der Waals surface area contributed by atoms with Crippen LogP contribution in [-0.4, -0.2) is 19.8 Å². The summed E-state index contributed by atoms with van der Waals surface area (Å²) >= 11 is 1.68. The molecule has 0 aliphatic carbocycles. The van der Waals surface area contributed by atoms with Crippen molar-refractivity contribution in [2.24, 2.45) is 0 Å². The van der Waals surface area contributed by atoms with Crippen LogP contribution < -0.4 is 11.0 Å². The highest BCUT2D eigenvalue weighted by molar-refractivity contribution is 7.10. The summed E-state index contributed by atoms with van der Waals surface area (Å²) in [4.78, 5) is 12.6. The van der Waals surface area contributed by atoms with Gasteiger partial charge in [0.05, 0.1) is 6.04 Å². The van der Waals surface area contributed by atoms with Gasteiger partial charge in [0, 0.05) is 4.88 Å². The molecular formula is C11H11N5OS. The maximum Gasteiger partial charge on any atom is 0.364 e. The van der Waals surface area contributed by atoms with Gasteiger partial charge in [-0.2, -0.15) is 9.61 Å². The summed E-state index contributed by atoms with van der Waals surface area (Å²) in [6.07, 6.45) is 0. The topological polar surface area (TPSA) is 75.1 Å². The largest absolute Gasteiger partial charge is 0.364 e. The zero-order valence-corrected chi connectivity index (χ0v) is 10.4. The minimum absolute atomic E-state index is 0.151. The Labute approximate surface area is 106 Å². The molecule has 0 amide bonds. The lowest BCUT2D eigenvalue weighted by molar-refractivity contribution is 0.840. The Morgan fingerprint density at radius 3 is 3.11 bits per heavy atom. The van der Waals surface area contributed by atoms with Gasteiger partial charge in [-0.25, -0.2) is 9.89 Å². The molecule has 0 aliphatic heterocycles. The number of hydrogen-bond acceptors (Lipinski definition) is 5. The molecule has 0 aromatic carbocycles. The van der Waals surface area contributed by atoms with Crippen LogP contribution in [0, 0.1) is 0 Å². The van der Waals surface area contributed by atoms with Crippen molar-refractivity contribution in [1.82, 2.24) is 19.8 Å². The third-order valence-electron chi connectivity index (χ3n) is 2.61. The van der Waals surface area contributed by atoms with E-state index in [1.165, 1.54) is 9.39 Å². The molecule has 0 radical (unpaired) electrons. The summed E-state index contributed by atoms with van der Waals surface area (Å²) < 4.78 is 1.24. The van der Waals surface area contributed by atoms with Gasteiger partial charge in [-0.15, -0.1) is 16.4 Å². The van der Waals surface area contributed by atoms with Crippen molar-refractivity contribution in [3.63, 3.8) is 0 Å². The van der Waals surface area contributed by atoms with Crippen LogP contribution in [0.1, 0.15) is 17.8 Å². The van der Waals surface area contributed by atoms with Gasteiger partial charge in [-0.3, -0.25) is 0 Å². The maximum absolute atomic E-state index is 11.4. The minimum Gasteiger partial charge on any atom is -0.361 e. The molecule has 0 spiro atoms. The van der Waals surface area contributed by atoms with Crippen molar-refractivity contribution >= 4 is 22.8 Å². The van der Waals surface area contributed by atoms with E-state index in [1.807, 2.05) is 11.4 Å². The van der Waals surface area contributed by atoms with Gasteiger partial charge < -0.3 is 5.32 Å². The fourth-order valence-corrected chi connectivity index (χ4v) is 2.44. The molecule has 3 rings (SSSR count). The van der Waals surface area contributed by atoms with Crippen LogP contribution >= 0.6 is 11.3 Å². The molecule has 18 heavy (non-hydrogen) atoms. The zero-order valence-electron chi connectivity index (χ0n) is 9.62. The van der Waals surface area contributed by atoms with Gasteiger partial charge >= 0.3 is 5.69 Å².